The lowest BCUT2D eigenvalue weighted by Crippen LogP contribution is -2.37. The normalized spacial score (nSPS) is 26.9. The number of Topliss-reactive ketones (excluding diaryl/α,β-unsaturated/α-hetero) is 1. The molecule has 0 spiro atoms. The van der Waals surface area contributed by atoms with Crippen LogP contribution in [-0.4, -0.2) is 18.9 Å². The molecule has 0 aromatic heterocycles. The predicted octanol–water partition coefficient (Wildman–Crippen LogP) is 5.53. The average molecular weight is 408 g/mol. The number of carbonyl (C=O) groups excluding carboxylic acids is 2. The predicted molar refractivity (Wildman–Crippen MR) is 121 cm³/mol. The highest BCUT2D eigenvalue weighted by molar-refractivity contribution is 6.31. The molecule has 2 bridgehead atoms. The van der Waals surface area contributed by atoms with Crippen LogP contribution in [0.15, 0.2) is 91.0 Å². The Morgan fingerprint density at radius 3 is 1.81 bits per heavy atom. The van der Waals surface area contributed by atoms with Crippen molar-refractivity contribution >= 4 is 22.9 Å². The highest BCUT2D eigenvalue weighted by Crippen LogP contribution is 2.72. The van der Waals surface area contributed by atoms with Gasteiger partial charge in [0.05, 0.1) is 12.5 Å². The van der Waals surface area contributed by atoms with Gasteiger partial charge < -0.3 is 4.74 Å². The van der Waals surface area contributed by atoms with Crippen LogP contribution in [0.3, 0.4) is 0 Å². The van der Waals surface area contributed by atoms with Gasteiger partial charge in [-0.25, -0.2) is 0 Å². The summed E-state index contributed by atoms with van der Waals surface area (Å²) in [5, 5.41) is 0. The number of methoxy groups -OCH3 is 1. The molecule has 3 nitrogen and oxygen atoms in total. The van der Waals surface area contributed by atoms with Gasteiger partial charge in [-0.3, -0.25) is 9.59 Å². The van der Waals surface area contributed by atoms with E-state index in [-0.39, 0.29) is 11.7 Å². The largest absolute Gasteiger partial charge is 0.468 e. The van der Waals surface area contributed by atoms with Gasteiger partial charge in [0.15, 0.2) is 11.2 Å². The van der Waals surface area contributed by atoms with Crippen LogP contribution >= 0.6 is 0 Å². The molecular weight excluding hydrogens is 384 g/mol. The summed E-state index contributed by atoms with van der Waals surface area (Å²) in [5.74, 6) is -0.631. The number of hydrogen-bond donors (Lipinski definition) is 0. The minimum Gasteiger partial charge on any atom is -0.468 e. The second-order valence-electron chi connectivity index (χ2n) is 8.58. The number of hydrogen-bond acceptors (Lipinski definition) is 3. The van der Waals surface area contributed by atoms with Crippen molar-refractivity contribution in [2.45, 2.75) is 19.3 Å². The number of ketones is 1. The summed E-state index contributed by atoms with van der Waals surface area (Å²) in [7, 11) is 1.38. The minimum atomic E-state index is -1.31. The van der Waals surface area contributed by atoms with Crippen molar-refractivity contribution in [2.75, 3.05) is 7.11 Å². The van der Waals surface area contributed by atoms with Crippen LogP contribution in [-0.2, 0) is 14.3 Å². The average Bonchev–Trinajstić information content (AvgIpc) is 3.19. The number of ether oxygens (including phenoxy) is 1. The van der Waals surface area contributed by atoms with E-state index < -0.39 is 16.8 Å². The molecule has 5 rings (SSSR count). The molecule has 0 aliphatic heterocycles. The molecule has 0 radical (unpaired) electrons. The summed E-state index contributed by atoms with van der Waals surface area (Å²) in [6.07, 6.45) is 0.416. The van der Waals surface area contributed by atoms with Crippen LogP contribution in [0.1, 0.15) is 36.0 Å². The van der Waals surface area contributed by atoms with Gasteiger partial charge in [0.1, 0.15) is 0 Å². The zero-order valence-electron chi connectivity index (χ0n) is 17.7. The first-order valence-electron chi connectivity index (χ1n) is 10.6. The van der Waals surface area contributed by atoms with Gasteiger partial charge in [0.25, 0.3) is 0 Å². The highest BCUT2D eigenvalue weighted by atomic mass is 16.5. The van der Waals surface area contributed by atoms with Gasteiger partial charge in [0, 0.05) is 5.92 Å². The summed E-state index contributed by atoms with van der Waals surface area (Å²) >= 11 is 0. The van der Waals surface area contributed by atoms with Gasteiger partial charge in [-0.2, -0.15) is 0 Å². The fourth-order valence-corrected chi connectivity index (χ4v) is 5.81. The van der Waals surface area contributed by atoms with E-state index in [1.165, 1.54) is 7.11 Å². The summed E-state index contributed by atoms with van der Waals surface area (Å²) in [4.78, 5) is 27.6. The number of carbonyl (C=O) groups is 2. The Kier molecular flexibility index (Phi) is 4.44. The minimum absolute atomic E-state index is 0.0570. The van der Waals surface area contributed by atoms with Gasteiger partial charge in [0.2, 0.25) is 0 Å². The number of rotatable bonds is 4. The maximum absolute atomic E-state index is 14.2. The lowest BCUT2D eigenvalue weighted by molar-refractivity contribution is -0.152. The second-order valence-corrected chi connectivity index (χ2v) is 8.58. The molecule has 0 saturated heterocycles. The first-order valence-corrected chi connectivity index (χ1v) is 10.6. The van der Waals surface area contributed by atoms with E-state index in [1.54, 1.807) is 0 Å². The van der Waals surface area contributed by atoms with E-state index >= 15 is 0 Å². The maximum atomic E-state index is 14.2. The van der Waals surface area contributed by atoms with E-state index in [4.69, 9.17) is 4.74 Å². The molecule has 0 heterocycles. The molecule has 3 heteroatoms. The van der Waals surface area contributed by atoms with Crippen LogP contribution < -0.4 is 0 Å². The van der Waals surface area contributed by atoms with E-state index in [9.17, 15) is 9.59 Å². The summed E-state index contributed by atoms with van der Waals surface area (Å²) in [6.45, 7) is 2.01. The van der Waals surface area contributed by atoms with Crippen molar-refractivity contribution in [3.63, 3.8) is 0 Å². The molecule has 3 aromatic rings. The van der Waals surface area contributed by atoms with Crippen LogP contribution in [0.4, 0.5) is 0 Å². The maximum Gasteiger partial charge on any atom is 0.323 e. The first kappa shape index (κ1) is 19.5. The van der Waals surface area contributed by atoms with Gasteiger partial charge >= 0.3 is 5.97 Å². The third-order valence-electron chi connectivity index (χ3n) is 7.12. The number of esters is 1. The fourth-order valence-electron chi connectivity index (χ4n) is 5.81. The number of benzene rings is 3. The Labute approximate surface area is 182 Å². The SMILES string of the molecule is COC(=O)[C@@]12C[C@H](c3ccccc3)[C@@](C)(C1=O)C(c1ccccc1)=C2c1ccccc1. The lowest BCUT2D eigenvalue weighted by Gasteiger charge is -2.36. The summed E-state index contributed by atoms with van der Waals surface area (Å²) in [6, 6.07) is 29.9. The van der Waals surface area contributed by atoms with E-state index in [2.05, 4.69) is 12.1 Å². The Morgan fingerprint density at radius 1 is 0.806 bits per heavy atom. The molecule has 154 valence electrons. The molecule has 3 atom stereocenters. The van der Waals surface area contributed by atoms with Crippen LogP contribution in [0.25, 0.3) is 11.1 Å². The monoisotopic (exact) mass is 408 g/mol. The zero-order chi connectivity index (χ0) is 21.6. The smallest absolute Gasteiger partial charge is 0.323 e. The molecule has 0 N–H and O–H groups in total. The molecule has 31 heavy (non-hydrogen) atoms. The summed E-state index contributed by atoms with van der Waals surface area (Å²) < 4.78 is 5.30. The molecular formula is C28H24O3. The summed E-state index contributed by atoms with van der Waals surface area (Å²) in [5.41, 5.74) is 2.54. The Hall–Kier alpha value is -3.46. The van der Waals surface area contributed by atoms with Crippen molar-refractivity contribution in [2.24, 2.45) is 10.8 Å². The number of allylic oxidation sites excluding steroid dienone is 1. The van der Waals surface area contributed by atoms with Crippen LogP contribution in [0.2, 0.25) is 0 Å². The fraction of sp³-hybridized carbons (Fsp3) is 0.214. The van der Waals surface area contributed by atoms with Crippen molar-refractivity contribution < 1.29 is 14.3 Å². The van der Waals surface area contributed by atoms with Crippen LogP contribution in [0, 0.1) is 10.8 Å². The standard InChI is InChI=1S/C28H24O3/c1-27-22(19-12-6-3-7-13-19)18-28(25(27)29,26(30)31-2)24(21-16-10-5-11-17-21)23(27)20-14-8-4-9-15-20/h3-17,22H,18H2,1-2H3/t22-,27-,28-/m1/s1. The van der Waals surface area contributed by atoms with Crippen molar-refractivity contribution in [3.8, 4) is 0 Å². The third-order valence-corrected chi connectivity index (χ3v) is 7.12. The molecule has 2 aliphatic carbocycles. The van der Waals surface area contributed by atoms with E-state index in [1.807, 2.05) is 85.8 Å². The molecule has 2 aliphatic rings. The number of fused-ring (bicyclic) bond motifs is 2. The quantitative estimate of drug-likeness (QED) is 0.421. The van der Waals surface area contributed by atoms with Gasteiger partial charge in [-0.15, -0.1) is 0 Å². The topological polar surface area (TPSA) is 43.4 Å². The first-order chi connectivity index (χ1) is 15.0. The van der Waals surface area contributed by atoms with Crippen molar-refractivity contribution in [3.05, 3.63) is 108 Å². The Balaban J connectivity index is 1.88. The van der Waals surface area contributed by atoms with Gasteiger partial charge in [-0.05, 0) is 41.2 Å². The molecule has 1 saturated carbocycles. The molecule has 1 fully saturated rings. The third kappa shape index (κ3) is 2.53. The van der Waals surface area contributed by atoms with Crippen LogP contribution in [0.5, 0.6) is 0 Å². The Morgan fingerprint density at radius 2 is 1.29 bits per heavy atom. The van der Waals surface area contributed by atoms with E-state index in [0.29, 0.717) is 6.42 Å². The van der Waals surface area contributed by atoms with E-state index in [0.717, 1.165) is 27.8 Å². The molecule has 0 unspecified atom stereocenters. The highest BCUT2D eigenvalue weighted by Gasteiger charge is 2.72. The Bertz CT molecular complexity index is 1180. The van der Waals surface area contributed by atoms with Gasteiger partial charge in [-0.1, -0.05) is 91.0 Å². The second kappa shape index (κ2) is 7.05. The zero-order valence-corrected chi connectivity index (χ0v) is 17.7. The van der Waals surface area contributed by atoms with Crippen molar-refractivity contribution in [1.29, 1.82) is 0 Å². The van der Waals surface area contributed by atoms with Crippen molar-refractivity contribution in [1.82, 2.24) is 0 Å². The molecule has 0 amide bonds. The molecule has 3 aromatic carbocycles. The lowest BCUT2D eigenvalue weighted by atomic mass is 9.65.